The van der Waals surface area contributed by atoms with Crippen molar-refractivity contribution in [2.75, 3.05) is 6.61 Å². The molecule has 0 saturated carbocycles. The highest BCUT2D eigenvalue weighted by molar-refractivity contribution is 6.35. The molecule has 0 aromatic heterocycles. The summed E-state index contributed by atoms with van der Waals surface area (Å²) in [6.07, 6.45) is 1.70. The molecule has 2 unspecified atom stereocenters. The topological polar surface area (TPSA) is 55.7 Å². The first-order valence-electron chi connectivity index (χ1n) is 9.63. The van der Waals surface area contributed by atoms with Crippen molar-refractivity contribution in [2.24, 2.45) is 16.3 Å². The number of esters is 1. The molecule has 0 N–H and O–H groups in total. The van der Waals surface area contributed by atoms with Crippen molar-refractivity contribution < 1.29 is 14.3 Å². The number of allylic oxidation sites excluding steroid dienone is 2. The lowest BCUT2D eigenvalue weighted by atomic mass is 9.66. The van der Waals surface area contributed by atoms with Gasteiger partial charge in [-0.05, 0) is 42.9 Å². The lowest BCUT2D eigenvalue weighted by Crippen LogP contribution is -2.40. The summed E-state index contributed by atoms with van der Waals surface area (Å²) in [6.45, 7) is 8.13. The molecule has 0 spiro atoms. The summed E-state index contributed by atoms with van der Waals surface area (Å²) < 4.78 is 5.36. The summed E-state index contributed by atoms with van der Waals surface area (Å²) >= 11 is 12.6. The maximum Gasteiger partial charge on any atom is 0.315 e. The molecular weight excluding hydrogens is 397 g/mol. The zero-order valence-electron chi connectivity index (χ0n) is 16.6. The molecule has 28 heavy (non-hydrogen) atoms. The number of Topliss-reactive ketones (excluding diaryl/α,β-unsaturated/α-hetero) is 1. The number of ether oxygens (including phenoxy) is 1. The van der Waals surface area contributed by atoms with Crippen molar-refractivity contribution in [3.8, 4) is 0 Å². The summed E-state index contributed by atoms with van der Waals surface area (Å²) in [5.74, 6) is -1.51. The van der Waals surface area contributed by atoms with Crippen LogP contribution in [0.15, 0.2) is 34.5 Å². The molecule has 2 aliphatic rings. The van der Waals surface area contributed by atoms with Crippen LogP contribution in [0.5, 0.6) is 0 Å². The van der Waals surface area contributed by atoms with Crippen molar-refractivity contribution in [1.29, 1.82) is 0 Å². The zero-order chi connectivity index (χ0) is 20.6. The Morgan fingerprint density at radius 3 is 2.57 bits per heavy atom. The minimum Gasteiger partial charge on any atom is -0.465 e. The summed E-state index contributed by atoms with van der Waals surface area (Å²) in [5, 5.41) is 0.945. The highest BCUT2D eigenvalue weighted by atomic mass is 35.5. The van der Waals surface area contributed by atoms with E-state index in [2.05, 4.69) is 13.8 Å². The van der Waals surface area contributed by atoms with E-state index in [1.165, 1.54) is 0 Å². The molecule has 0 amide bonds. The van der Waals surface area contributed by atoms with Gasteiger partial charge < -0.3 is 4.74 Å². The van der Waals surface area contributed by atoms with Crippen molar-refractivity contribution >= 4 is 40.7 Å². The van der Waals surface area contributed by atoms with Crippen LogP contribution in [0.4, 0.5) is 0 Å². The van der Waals surface area contributed by atoms with Gasteiger partial charge in [0.05, 0.1) is 6.61 Å². The molecule has 1 aliphatic heterocycles. The van der Waals surface area contributed by atoms with Crippen molar-refractivity contribution in [3.63, 3.8) is 0 Å². The van der Waals surface area contributed by atoms with Crippen molar-refractivity contribution in [3.05, 3.63) is 45.1 Å². The molecule has 0 bridgehead atoms. The van der Waals surface area contributed by atoms with E-state index in [1.54, 1.807) is 25.1 Å². The number of hydrogen-bond acceptors (Lipinski definition) is 4. The van der Waals surface area contributed by atoms with Gasteiger partial charge in [0.15, 0.2) is 5.78 Å². The van der Waals surface area contributed by atoms with E-state index in [0.29, 0.717) is 40.4 Å². The van der Waals surface area contributed by atoms with Crippen LogP contribution < -0.4 is 0 Å². The monoisotopic (exact) mass is 421 g/mol. The summed E-state index contributed by atoms with van der Waals surface area (Å²) in [4.78, 5) is 30.9. The summed E-state index contributed by atoms with van der Waals surface area (Å²) in [7, 11) is 0. The van der Waals surface area contributed by atoms with Crippen LogP contribution in [0.3, 0.4) is 0 Å². The average molecular weight is 422 g/mol. The lowest BCUT2D eigenvalue weighted by molar-refractivity contribution is -0.146. The number of carbonyl (C=O) groups is 2. The maximum atomic E-state index is 13.2. The van der Waals surface area contributed by atoms with E-state index in [1.807, 2.05) is 6.92 Å². The quantitative estimate of drug-likeness (QED) is 0.580. The molecule has 0 radical (unpaired) electrons. The Balaban J connectivity index is 2.24. The second kappa shape index (κ2) is 8.00. The number of hydrogen-bond donors (Lipinski definition) is 0. The fraction of sp³-hybridized carbons (Fsp3) is 0.500. The number of halogens is 2. The molecule has 0 saturated heterocycles. The van der Waals surface area contributed by atoms with Crippen LogP contribution in [0.2, 0.25) is 10.0 Å². The second-order valence-electron chi connectivity index (χ2n) is 8.13. The molecule has 6 heteroatoms. The molecule has 3 rings (SSSR count). The Bertz CT molecular complexity index is 886. The number of ketones is 1. The van der Waals surface area contributed by atoms with Crippen molar-refractivity contribution in [1.82, 2.24) is 0 Å². The van der Waals surface area contributed by atoms with Gasteiger partial charge in [-0.2, -0.15) is 0 Å². The largest absolute Gasteiger partial charge is 0.465 e. The molecule has 150 valence electrons. The van der Waals surface area contributed by atoms with E-state index >= 15 is 0 Å². The second-order valence-corrected chi connectivity index (χ2v) is 8.97. The van der Waals surface area contributed by atoms with Gasteiger partial charge in [0, 0.05) is 39.4 Å². The third-order valence-electron chi connectivity index (χ3n) is 5.38. The fourth-order valence-electron chi connectivity index (χ4n) is 4.25. The first-order chi connectivity index (χ1) is 13.2. The Labute approximate surface area is 176 Å². The van der Waals surface area contributed by atoms with Gasteiger partial charge in [-0.15, -0.1) is 0 Å². The molecule has 1 heterocycles. The van der Waals surface area contributed by atoms with Crippen LogP contribution in [0, 0.1) is 11.3 Å². The van der Waals surface area contributed by atoms with Crippen LogP contribution in [0.25, 0.3) is 0 Å². The molecule has 2 atom stereocenters. The van der Waals surface area contributed by atoms with Crippen LogP contribution in [0.1, 0.15) is 58.4 Å². The van der Waals surface area contributed by atoms with Gasteiger partial charge >= 0.3 is 5.97 Å². The summed E-state index contributed by atoms with van der Waals surface area (Å²) in [5.41, 5.74) is 2.65. The molecular formula is C22H25Cl2NO3. The van der Waals surface area contributed by atoms with E-state index in [-0.39, 0.29) is 23.8 Å². The molecule has 1 aromatic rings. The number of carbonyl (C=O) groups excluding carboxylic acids is 2. The maximum absolute atomic E-state index is 13.2. The predicted molar refractivity (Wildman–Crippen MR) is 112 cm³/mol. The van der Waals surface area contributed by atoms with Gasteiger partial charge in [0.1, 0.15) is 5.92 Å². The minimum atomic E-state index is -0.660. The Hall–Kier alpha value is -1.65. The first-order valence-corrected chi connectivity index (χ1v) is 10.4. The van der Waals surface area contributed by atoms with E-state index < -0.39 is 11.8 Å². The van der Waals surface area contributed by atoms with Gasteiger partial charge in [0.2, 0.25) is 0 Å². The van der Waals surface area contributed by atoms with E-state index in [0.717, 1.165) is 11.4 Å². The molecule has 0 fully saturated rings. The highest BCUT2D eigenvalue weighted by Crippen LogP contribution is 2.49. The van der Waals surface area contributed by atoms with E-state index in [9.17, 15) is 9.59 Å². The van der Waals surface area contributed by atoms with E-state index in [4.69, 9.17) is 32.9 Å². The summed E-state index contributed by atoms with van der Waals surface area (Å²) in [6, 6.07) is 5.19. The van der Waals surface area contributed by atoms with Gasteiger partial charge in [-0.3, -0.25) is 14.6 Å². The predicted octanol–water partition coefficient (Wildman–Crippen LogP) is 5.76. The number of rotatable bonds is 4. The zero-order valence-corrected chi connectivity index (χ0v) is 18.2. The smallest absolute Gasteiger partial charge is 0.315 e. The normalized spacial score (nSPS) is 23.9. The van der Waals surface area contributed by atoms with Gasteiger partial charge in [-0.25, -0.2) is 0 Å². The number of aliphatic imine (C=N–C) groups is 1. The molecule has 4 nitrogen and oxygen atoms in total. The first kappa shape index (κ1) is 21.1. The number of nitrogens with zero attached hydrogens (tertiary/aromatic N) is 1. The van der Waals surface area contributed by atoms with Crippen LogP contribution in [-0.4, -0.2) is 24.1 Å². The van der Waals surface area contributed by atoms with Crippen LogP contribution in [-0.2, 0) is 14.3 Å². The Morgan fingerprint density at radius 2 is 1.96 bits per heavy atom. The third-order valence-corrected chi connectivity index (χ3v) is 5.94. The fourth-order valence-corrected chi connectivity index (χ4v) is 4.77. The van der Waals surface area contributed by atoms with Crippen LogP contribution >= 0.6 is 23.2 Å². The SMILES string of the molecule is CCOC(=O)C1C(CC)=NC2=C(C(=O)CC(C)(C)C2)C1c1ccc(Cl)cc1Cl. The van der Waals surface area contributed by atoms with Gasteiger partial charge in [0.25, 0.3) is 0 Å². The average Bonchev–Trinajstić information content (AvgIpc) is 2.59. The standard InChI is InChI=1S/C22H25Cl2NO3/c1-5-15-20(21(27)28-6-2)18(13-8-7-12(23)9-14(13)24)19-16(25-15)10-22(3,4)11-17(19)26/h7-9,18,20H,5-6,10-11H2,1-4H3. The molecule has 1 aliphatic carbocycles. The third kappa shape index (κ3) is 3.90. The Morgan fingerprint density at radius 1 is 1.25 bits per heavy atom. The lowest BCUT2D eigenvalue weighted by Gasteiger charge is -2.39. The highest BCUT2D eigenvalue weighted by Gasteiger charge is 2.47. The van der Waals surface area contributed by atoms with Crippen molar-refractivity contribution in [2.45, 2.75) is 52.9 Å². The van der Waals surface area contributed by atoms with Gasteiger partial charge in [-0.1, -0.05) is 50.0 Å². The molecule has 1 aromatic carbocycles. The number of benzene rings is 1. The Kier molecular flexibility index (Phi) is 6.02. The minimum absolute atomic E-state index is 0.0236.